The van der Waals surface area contributed by atoms with Crippen molar-refractivity contribution in [3.8, 4) is 0 Å². The number of fused-ring (bicyclic) bond motifs is 1. The molecule has 0 bridgehead atoms. The maximum absolute atomic E-state index is 12.6. The van der Waals surface area contributed by atoms with Gasteiger partial charge in [0.2, 0.25) is 0 Å². The Morgan fingerprint density at radius 2 is 1.76 bits per heavy atom. The van der Waals surface area contributed by atoms with Crippen molar-refractivity contribution in [1.29, 1.82) is 0 Å². The highest BCUT2D eigenvalue weighted by Gasteiger charge is 2.21. The lowest BCUT2D eigenvalue weighted by Crippen LogP contribution is -2.51. The summed E-state index contributed by atoms with van der Waals surface area (Å²) in [6.07, 6.45) is 1.89. The zero-order chi connectivity index (χ0) is 22.6. The molecule has 0 aliphatic carbocycles. The lowest BCUT2D eigenvalue weighted by Gasteiger charge is -2.34. The zero-order valence-electron chi connectivity index (χ0n) is 18.8. The van der Waals surface area contributed by atoms with Crippen molar-refractivity contribution in [3.63, 3.8) is 0 Å². The second-order valence-electron chi connectivity index (χ2n) is 8.46. The Kier molecular flexibility index (Phi) is 6.37. The van der Waals surface area contributed by atoms with Crippen LogP contribution < -0.4 is 5.32 Å². The van der Waals surface area contributed by atoms with Crippen molar-refractivity contribution in [2.75, 3.05) is 26.2 Å². The third-order valence-electron chi connectivity index (χ3n) is 6.06. The Hall–Kier alpha value is -3.23. The van der Waals surface area contributed by atoms with E-state index in [0.29, 0.717) is 6.54 Å². The third-order valence-corrected chi connectivity index (χ3v) is 6.88. The minimum Gasteiger partial charge on any atom is -0.334 e. The van der Waals surface area contributed by atoms with E-state index in [1.807, 2.05) is 36.4 Å². The number of rotatable bonds is 6. The molecule has 7 nitrogen and oxygen atoms in total. The van der Waals surface area contributed by atoms with E-state index in [4.69, 9.17) is 0 Å². The molecule has 5 rings (SSSR count). The highest BCUT2D eigenvalue weighted by molar-refractivity contribution is 7.09. The highest BCUT2D eigenvalue weighted by atomic mass is 32.1. The summed E-state index contributed by atoms with van der Waals surface area (Å²) < 4.78 is 2.15. The van der Waals surface area contributed by atoms with Gasteiger partial charge in [-0.1, -0.05) is 36.4 Å². The van der Waals surface area contributed by atoms with E-state index < -0.39 is 0 Å². The summed E-state index contributed by atoms with van der Waals surface area (Å²) in [6, 6.07) is 16.6. The lowest BCUT2D eigenvalue weighted by atomic mass is 10.1. The number of hydrogen-bond donors (Lipinski definition) is 1. The molecule has 4 aromatic rings. The first-order valence-electron chi connectivity index (χ1n) is 11.3. The van der Waals surface area contributed by atoms with Gasteiger partial charge >= 0.3 is 6.03 Å². The van der Waals surface area contributed by atoms with Crippen molar-refractivity contribution in [2.45, 2.75) is 26.6 Å². The van der Waals surface area contributed by atoms with Crippen LogP contribution in [0.3, 0.4) is 0 Å². The zero-order valence-corrected chi connectivity index (χ0v) is 19.6. The minimum atomic E-state index is 0.00751. The second kappa shape index (κ2) is 9.72. The van der Waals surface area contributed by atoms with E-state index in [2.05, 4.69) is 60.5 Å². The summed E-state index contributed by atoms with van der Waals surface area (Å²) in [5, 5.41) is 6.29. The SMILES string of the molecule is Cc1nc(CN2CCN(C(=O)NCc3ccc(Cn4cnc5ccccc54)cc3)CC2)cs1. The number of aryl methyl sites for hydroxylation is 1. The first-order valence-corrected chi connectivity index (χ1v) is 12.2. The van der Waals surface area contributed by atoms with E-state index in [-0.39, 0.29) is 6.03 Å². The number of carbonyl (C=O) groups is 1. The van der Waals surface area contributed by atoms with E-state index >= 15 is 0 Å². The smallest absolute Gasteiger partial charge is 0.317 e. The maximum atomic E-state index is 12.6. The van der Waals surface area contributed by atoms with Gasteiger partial charge in [-0.05, 0) is 30.2 Å². The van der Waals surface area contributed by atoms with Gasteiger partial charge in [0, 0.05) is 51.2 Å². The topological polar surface area (TPSA) is 66.3 Å². The molecule has 2 aromatic heterocycles. The van der Waals surface area contributed by atoms with Gasteiger partial charge in [0.15, 0.2) is 0 Å². The lowest BCUT2D eigenvalue weighted by molar-refractivity contribution is 0.134. The van der Waals surface area contributed by atoms with Crippen molar-refractivity contribution >= 4 is 28.4 Å². The van der Waals surface area contributed by atoms with Crippen LogP contribution in [0, 0.1) is 6.92 Å². The molecular formula is C25H28N6OS. The monoisotopic (exact) mass is 460 g/mol. The molecular weight excluding hydrogens is 432 g/mol. The largest absolute Gasteiger partial charge is 0.334 e. The van der Waals surface area contributed by atoms with Crippen LogP contribution in [0.25, 0.3) is 11.0 Å². The quantitative estimate of drug-likeness (QED) is 0.474. The van der Waals surface area contributed by atoms with E-state index in [1.54, 1.807) is 11.3 Å². The number of para-hydroxylation sites is 2. The van der Waals surface area contributed by atoms with Crippen molar-refractivity contribution in [2.24, 2.45) is 0 Å². The number of hydrogen-bond acceptors (Lipinski definition) is 5. The van der Waals surface area contributed by atoms with Crippen LogP contribution in [0.15, 0.2) is 60.2 Å². The Morgan fingerprint density at radius 3 is 2.52 bits per heavy atom. The Labute approximate surface area is 197 Å². The highest BCUT2D eigenvalue weighted by Crippen LogP contribution is 2.15. The van der Waals surface area contributed by atoms with Crippen molar-refractivity contribution in [3.05, 3.63) is 82.1 Å². The van der Waals surface area contributed by atoms with Crippen LogP contribution in [0.4, 0.5) is 4.79 Å². The van der Waals surface area contributed by atoms with E-state index in [0.717, 1.165) is 66.6 Å². The molecule has 1 aliphatic heterocycles. The average Bonchev–Trinajstić information content (AvgIpc) is 3.45. The number of carbonyl (C=O) groups excluding carboxylic acids is 1. The second-order valence-corrected chi connectivity index (χ2v) is 9.52. The maximum Gasteiger partial charge on any atom is 0.317 e. The summed E-state index contributed by atoms with van der Waals surface area (Å²) in [7, 11) is 0. The number of piperazine rings is 1. The number of nitrogens with zero attached hydrogens (tertiary/aromatic N) is 5. The normalized spacial score (nSPS) is 14.6. The van der Waals surface area contributed by atoms with Gasteiger partial charge in [-0.15, -0.1) is 11.3 Å². The van der Waals surface area contributed by atoms with Gasteiger partial charge in [-0.2, -0.15) is 0 Å². The summed E-state index contributed by atoms with van der Waals surface area (Å²) >= 11 is 1.69. The summed E-state index contributed by atoms with van der Waals surface area (Å²) in [6.45, 7) is 7.44. The first kappa shape index (κ1) is 21.6. The summed E-state index contributed by atoms with van der Waals surface area (Å²) in [5.41, 5.74) is 5.58. The van der Waals surface area contributed by atoms with E-state index in [1.165, 1.54) is 5.56 Å². The molecule has 1 saturated heterocycles. The molecule has 2 aromatic carbocycles. The molecule has 0 spiro atoms. The van der Waals surface area contributed by atoms with E-state index in [9.17, 15) is 4.79 Å². The van der Waals surface area contributed by atoms with Crippen LogP contribution in [0.5, 0.6) is 0 Å². The molecule has 0 atom stereocenters. The van der Waals surface area contributed by atoms with Gasteiger partial charge in [0.05, 0.1) is 28.1 Å². The van der Waals surface area contributed by atoms with Gasteiger partial charge in [0.1, 0.15) is 0 Å². The van der Waals surface area contributed by atoms with Crippen molar-refractivity contribution in [1.82, 2.24) is 29.7 Å². The third kappa shape index (κ3) is 5.23. The number of amides is 2. The Balaban J connectivity index is 1.08. The number of benzene rings is 2. The Bertz CT molecular complexity index is 1220. The van der Waals surface area contributed by atoms with Gasteiger partial charge < -0.3 is 14.8 Å². The predicted molar refractivity (Wildman–Crippen MR) is 131 cm³/mol. The molecule has 2 amide bonds. The molecule has 3 heterocycles. The molecule has 1 fully saturated rings. The molecule has 170 valence electrons. The van der Waals surface area contributed by atoms with Crippen LogP contribution in [0.2, 0.25) is 0 Å². The fourth-order valence-corrected chi connectivity index (χ4v) is 4.81. The van der Waals surface area contributed by atoms with Crippen LogP contribution >= 0.6 is 11.3 Å². The minimum absolute atomic E-state index is 0.00751. The molecule has 0 unspecified atom stereocenters. The van der Waals surface area contributed by atoms with Gasteiger partial charge in [0.25, 0.3) is 0 Å². The summed E-state index contributed by atoms with van der Waals surface area (Å²) in [5.74, 6) is 0. The fraction of sp³-hybridized carbons (Fsp3) is 0.320. The fourth-order valence-electron chi connectivity index (χ4n) is 4.20. The molecule has 0 radical (unpaired) electrons. The number of urea groups is 1. The molecule has 1 aliphatic rings. The first-order chi connectivity index (χ1) is 16.1. The Morgan fingerprint density at radius 1 is 1.00 bits per heavy atom. The average molecular weight is 461 g/mol. The number of aromatic nitrogens is 3. The predicted octanol–water partition coefficient (Wildman–Crippen LogP) is 3.88. The van der Waals surface area contributed by atoms with Gasteiger partial charge in [-0.25, -0.2) is 14.8 Å². The number of thiazole rings is 1. The van der Waals surface area contributed by atoms with Crippen molar-refractivity contribution < 1.29 is 4.79 Å². The number of nitrogens with one attached hydrogen (secondary N) is 1. The number of imidazole rings is 1. The molecule has 0 saturated carbocycles. The van der Waals surface area contributed by atoms with Crippen LogP contribution in [0.1, 0.15) is 21.8 Å². The summed E-state index contributed by atoms with van der Waals surface area (Å²) in [4.78, 5) is 25.9. The van der Waals surface area contributed by atoms with Crippen LogP contribution in [-0.2, 0) is 19.6 Å². The molecule has 8 heteroatoms. The standard InChI is InChI=1S/C25H28N6OS/c1-19-28-22(17-33-19)16-29-10-12-30(13-11-29)25(32)26-14-20-6-8-21(9-7-20)15-31-18-27-23-4-2-3-5-24(23)31/h2-9,17-18H,10-16H2,1H3,(H,26,32). The molecule has 1 N–H and O–H groups in total. The molecule has 33 heavy (non-hydrogen) atoms. The van der Waals surface area contributed by atoms with Gasteiger partial charge in [-0.3, -0.25) is 4.90 Å². The van der Waals surface area contributed by atoms with Crippen LogP contribution in [-0.4, -0.2) is 56.5 Å².